The number of rotatable bonds is 8. The number of hydrogen-bond acceptors (Lipinski definition) is 7. The molecule has 0 aromatic heterocycles. The van der Waals surface area contributed by atoms with Gasteiger partial charge in [-0.15, -0.1) is 0 Å². The lowest BCUT2D eigenvalue weighted by molar-refractivity contribution is -0.278. The van der Waals surface area contributed by atoms with Crippen molar-refractivity contribution < 1.29 is 34.6 Å². The summed E-state index contributed by atoms with van der Waals surface area (Å²) < 4.78 is 16.6. The first-order valence-electron chi connectivity index (χ1n) is 10.1. The van der Waals surface area contributed by atoms with Crippen molar-refractivity contribution in [3.63, 3.8) is 0 Å². The second-order valence-electron chi connectivity index (χ2n) is 7.53. The van der Waals surface area contributed by atoms with E-state index in [2.05, 4.69) is 31.2 Å². The molecular formula is C23H30O7. The van der Waals surface area contributed by atoms with Crippen LogP contribution in [0.2, 0.25) is 0 Å². The maximum Gasteiger partial charge on any atom is 0.229 e. The molecule has 3 rings (SSSR count). The zero-order valence-corrected chi connectivity index (χ0v) is 17.3. The van der Waals surface area contributed by atoms with Crippen LogP contribution in [0.15, 0.2) is 42.5 Å². The van der Waals surface area contributed by atoms with E-state index in [4.69, 9.17) is 14.2 Å². The molecule has 0 radical (unpaired) electrons. The molecule has 7 heteroatoms. The third-order valence-electron chi connectivity index (χ3n) is 5.38. The number of hydrogen-bond donors (Lipinski definition) is 4. The van der Waals surface area contributed by atoms with E-state index in [0.717, 1.165) is 17.5 Å². The van der Waals surface area contributed by atoms with E-state index in [1.165, 1.54) is 12.7 Å². The summed E-state index contributed by atoms with van der Waals surface area (Å²) >= 11 is 0. The molecular weight excluding hydrogens is 388 g/mol. The van der Waals surface area contributed by atoms with Gasteiger partial charge in [0.1, 0.15) is 30.2 Å². The Kier molecular flexibility index (Phi) is 7.82. The van der Waals surface area contributed by atoms with Gasteiger partial charge in [-0.1, -0.05) is 43.3 Å². The molecule has 0 saturated carbocycles. The van der Waals surface area contributed by atoms with Gasteiger partial charge < -0.3 is 34.6 Å². The Bertz CT molecular complexity index is 808. The zero-order chi connectivity index (χ0) is 21.7. The zero-order valence-electron chi connectivity index (χ0n) is 17.3. The lowest BCUT2D eigenvalue weighted by atomic mass is 9.98. The van der Waals surface area contributed by atoms with E-state index in [1.807, 2.05) is 12.1 Å². The Morgan fingerprint density at radius 3 is 2.20 bits per heavy atom. The highest BCUT2D eigenvalue weighted by Gasteiger charge is 2.45. The monoisotopic (exact) mass is 418 g/mol. The summed E-state index contributed by atoms with van der Waals surface area (Å²) in [6.45, 7) is 1.98. The molecule has 1 saturated heterocycles. The van der Waals surface area contributed by atoms with Crippen LogP contribution in [0.25, 0.3) is 0 Å². The summed E-state index contributed by atoms with van der Waals surface area (Å²) in [5.74, 6) is 0.435. The number of methoxy groups -OCH3 is 1. The first-order valence-corrected chi connectivity index (χ1v) is 10.1. The second-order valence-corrected chi connectivity index (χ2v) is 7.53. The Morgan fingerprint density at radius 1 is 0.900 bits per heavy atom. The van der Waals surface area contributed by atoms with E-state index in [1.54, 1.807) is 6.07 Å². The lowest BCUT2D eigenvalue weighted by Gasteiger charge is -2.40. The molecule has 30 heavy (non-hydrogen) atoms. The van der Waals surface area contributed by atoms with E-state index < -0.39 is 30.7 Å². The summed E-state index contributed by atoms with van der Waals surface area (Å²) in [6, 6.07) is 13.6. The molecule has 1 aliphatic heterocycles. The second kappa shape index (κ2) is 10.3. The van der Waals surface area contributed by atoms with Gasteiger partial charge in [0.25, 0.3) is 0 Å². The largest absolute Gasteiger partial charge is 0.462 e. The third kappa shape index (κ3) is 5.18. The predicted octanol–water partition coefficient (Wildman–Crippen LogP) is 1.16. The molecule has 5 atom stereocenters. The number of aryl methyl sites for hydroxylation is 1. The highest BCUT2D eigenvalue weighted by molar-refractivity contribution is 5.41. The molecule has 2 aromatic rings. The minimum absolute atomic E-state index is 0.0398. The van der Waals surface area contributed by atoms with Crippen LogP contribution in [0.5, 0.6) is 5.75 Å². The number of aliphatic hydroxyl groups is 4. The van der Waals surface area contributed by atoms with Crippen molar-refractivity contribution in [3.05, 3.63) is 64.7 Å². The van der Waals surface area contributed by atoms with Gasteiger partial charge in [0.2, 0.25) is 6.29 Å². The van der Waals surface area contributed by atoms with Gasteiger partial charge in [-0.3, -0.25) is 0 Å². The van der Waals surface area contributed by atoms with Gasteiger partial charge >= 0.3 is 0 Å². The summed E-state index contributed by atoms with van der Waals surface area (Å²) in [5.41, 5.74) is 3.83. The highest BCUT2D eigenvalue weighted by Crippen LogP contribution is 2.29. The van der Waals surface area contributed by atoms with Crippen LogP contribution in [0.4, 0.5) is 0 Å². The average molecular weight is 418 g/mol. The molecule has 1 heterocycles. The van der Waals surface area contributed by atoms with Gasteiger partial charge in [0.15, 0.2) is 0 Å². The topological polar surface area (TPSA) is 109 Å². The average Bonchev–Trinajstić information content (AvgIpc) is 2.77. The predicted molar refractivity (Wildman–Crippen MR) is 110 cm³/mol. The fraction of sp³-hybridized carbons (Fsp3) is 0.478. The summed E-state index contributed by atoms with van der Waals surface area (Å²) in [4.78, 5) is 0. The van der Waals surface area contributed by atoms with Crippen LogP contribution in [0.3, 0.4) is 0 Å². The fourth-order valence-corrected chi connectivity index (χ4v) is 3.51. The normalized spacial score (nSPS) is 26.5. The van der Waals surface area contributed by atoms with Crippen molar-refractivity contribution >= 4 is 0 Å². The van der Waals surface area contributed by atoms with Crippen molar-refractivity contribution in [1.29, 1.82) is 0 Å². The Morgan fingerprint density at radius 2 is 1.57 bits per heavy atom. The molecule has 0 unspecified atom stereocenters. The summed E-state index contributed by atoms with van der Waals surface area (Å²) in [5, 5.41) is 40.2. The minimum Gasteiger partial charge on any atom is -0.462 e. The molecule has 1 fully saturated rings. The van der Waals surface area contributed by atoms with Crippen LogP contribution in [-0.2, 0) is 28.9 Å². The molecule has 1 aliphatic rings. The summed E-state index contributed by atoms with van der Waals surface area (Å²) in [7, 11) is 1.45. The quantitative estimate of drug-likeness (QED) is 0.510. The Labute approximate surface area is 176 Å². The maximum absolute atomic E-state index is 10.4. The molecule has 0 aliphatic carbocycles. The highest BCUT2D eigenvalue weighted by atomic mass is 16.7. The SMILES string of the molecule is CCc1ccc(Cc2ccc(CO)cc2O[C@H]2O[C@H](COC)[C@@H](O)[C@H](O)[C@H]2O)cc1. The van der Waals surface area contributed by atoms with Crippen molar-refractivity contribution in [1.82, 2.24) is 0 Å². The van der Waals surface area contributed by atoms with E-state index in [-0.39, 0.29) is 13.2 Å². The van der Waals surface area contributed by atoms with Crippen LogP contribution in [0.1, 0.15) is 29.2 Å². The molecule has 0 bridgehead atoms. The van der Waals surface area contributed by atoms with Crippen LogP contribution in [0, 0.1) is 0 Å². The first-order chi connectivity index (χ1) is 14.5. The molecule has 164 valence electrons. The lowest BCUT2D eigenvalue weighted by Crippen LogP contribution is -2.60. The van der Waals surface area contributed by atoms with E-state index >= 15 is 0 Å². The van der Waals surface area contributed by atoms with Gasteiger partial charge in [-0.05, 0) is 34.7 Å². The van der Waals surface area contributed by atoms with Gasteiger partial charge in [-0.2, -0.15) is 0 Å². The minimum atomic E-state index is -1.44. The van der Waals surface area contributed by atoms with Crippen LogP contribution in [-0.4, -0.2) is 64.8 Å². The van der Waals surface area contributed by atoms with Gasteiger partial charge in [-0.25, -0.2) is 0 Å². The van der Waals surface area contributed by atoms with Gasteiger partial charge in [0.05, 0.1) is 13.2 Å². The smallest absolute Gasteiger partial charge is 0.229 e. The van der Waals surface area contributed by atoms with Crippen LogP contribution >= 0.6 is 0 Å². The fourth-order valence-electron chi connectivity index (χ4n) is 3.51. The summed E-state index contributed by atoms with van der Waals surface area (Å²) in [6.07, 6.45) is -4.66. The van der Waals surface area contributed by atoms with E-state index in [0.29, 0.717) is 17.7 Å². The van der Waals surface area contributed by atoms with Crippen LogP contribution < -0.4 is 4.74 Å². The van der Waals surface area contributed by atoms with E-state index in [9.17, 15) is 20.4 Å². The number of benzene rings is 2. The molecule has 0 spiro atoms. The Balaban J connectivity index is 1.84. The third-order valence-corrected chi connectivity index (χ3v) is 5.38. The van der Waals surface area contributed by atoms with Gasteiger partial charge in [0, 0.05) is 13.5 Å². The first kappa shape index (κ1) is 22.7. The van der Waals surface area contributed by atoms with Crippen molar-refractivity contribution in [2.75, 3.05) is 13.7 Å². The van der Waals surface area contributed by atoms with Crippen molar-refractivity contribution in [3.8, 4) is 5.75 Å². The molecule has 4 N–H and O–H groups in total. The van der Waals surface area contributed by atoms with Crippen molar-refractivity contribution in [2.45, 2.75) is 57.1 Å². The van der Waals surface area contributed by atoms with Crippen molar-refractivity contribution in [2.24, 2.45) is 0 Å². The maximum atomic E-state index is 10.4. The molecule has 2 aromatic carbocycles. The number of aliphatic hydroxyl groups excluding tert-OH is 4. The number of ether oxygens (including phenoxy) is 3. The Hall–Kier alpha value is -2.00. The standard InChI is InChI=1S/C23H30O7/c1-3-14-4-6-15(7-5-14)10-17-9-8-16(12-24)11-18(17)29-23-22(27)21(26)20(25)19(30-23)13-28-2/h4-9,11,19-27H,3,10,12-13H2,1-2H3/t19-,20-,21+,22-,23+/m1/s1. The molecule has 0 amide bonds. The molecule has 7 nitrogen and oxygen atoms in total.